The molecule has 92 valence electrons. The van der Waals surface area contributed by atoms with E-state index < -0.39 is 5.97 Å². The van der Waals surface area contributed by atoms with Crippen molar-refractivity contribution in [2.45, 2.75) is 39.5 Å². The molecule has 0 aromatic heterocycles. The maximum atomic E-state index is 11.6. The maximum absolute atomic E-state index is 11.6. The zero-order chi connectivity index (χ0) is 12.4. The molecule has 1 amide bonds. The van der Waals surface area contributed by atoms with Crippen LogP contribution in [0, 0.1) is 0 Å². The summed E-state index contributed by atoms with van der Waals surface area (Å²) in [7, 11) is 0. The molecule has 0 saturated heterocycles. The summed E-state index contributed by atoms with van der Waals surface area (Å²) < 4.78 is 0. The second kappa shape index (κ2) is 8.95. The Morgan fingerprint density at radius 1 is 1.06 bits per heavy atom. The molecule has 16 heavy (non-hydrogen) atoms. The van der Waals surface area contributed by atoms with E-state index >= 15 is 0 Å². The van der Waals surface area contributed by atoms with Crippen molar-refractivity contribution in [3.8, 4) is 0 Å². The zero-order valence-corrected chi connectivity index (χ0v) is 10.1. The van der Waals surface area contributed by atoms with Crippen LogP contribution in [0.3, 0.4) is 0 Å². The Hall–Kier alpha value is -1.32. The molecule has 0 aliphatic heterocycles. The predicted molar refractivity (Wildman–Crippen MR) is 63.2 cm³/mol. The first-order valence-corrected chi connectivity index (χ1v) is 5.81. The Morgan fingerprint density at radius 3 is 1.94 bits per heavy atom. The van der Waals surface area contributed by atoms with E-state index in [1.165, 1.54) is 0 Å². The van der Waals surface area contributed by atoms with Gasteiger partial charge in [-0.1, -0.05) is 26.7 Å². The van der Waals surface area contributed by atoms with E-state index in [1.54, 1.807) is 4.90 Å². The molecule has 4 heteroatoms. The molecular formula is C12H21NO3. The third-order valence-corrected chi connectivity index (χ3v) is 2.24. The molecule has 0 unspecified atom stereocenters. The number of unbranched alkanes of at least 4 members (excludes halogenated alkanes) is 2. The molecule has 0 aliphatic rings. The second-order valence-corrected chi connectivity index (χ2v) is 3.70. The number of carboxylic acids is 1. The molecule has 0 saturated carbocycles. The van der Waals surface area contributed by atoms with Crippen molar-refractivity contribution in [2.75, 3.05) is 13.1 Å². The number of amides is 1. The van der Waals surface area contributed by atoms with Crippen LogP contribution in [0.4, 0.5) is 0 Å². The van der Waals surface area contributed by atoms with E-state index in [-0.39, 0.29) is 5.91 Å². The molecule has 1 N–H and O–H groups in total. The average Bonchev–Trinajstić information content (AvgIpc) is 2.26. The van der Waals surface area contributed by atoms with Crippen molar-refractivity contribution in [1.29, 1.82) is 0 Å². The summed E-state index contributed by atoms with van der Waals surface area (Å²) in [4.78, 5) is 23.6. The summed E-state index contributed by atoms with van der Waals surface area (Å²) in [6.45, 7) is 5.55. The topological polar surface area (TPSA) is 57.6 Å². The van der Waals surface area contributed by atoms with Crippen molar-refractivity contribution in [2.24, 2.45) is 0 Å². The van der Waals surface area contributed by atoms with Gasteiger partial charge in [0.25, 0.3) is 0 Å². The van der Waals surface area contributed by atoms with E-state index in [0.717, 1.165) is 37.8 Å². The molecule has 0 aromatic rings. The number of aliphatic carboxylic acids is 1. The van der Waals surface area contributed by atoms with Gasteiger partial charge in [-0.3, -0.25) is 4.79 Å². The smallest absolute Gasteiger partial charge is 0.328 e. The number of carboxylic acid groups (broad SMARTS) is 1. The van der Waals surface area contributed by atoms with E-state index in [9.17, 15) is 9.59 Å². The maximum Gasteiger partial charge on any atom is 0.328 e. The van der Waals surface area contributed by atoms with Gasteiger partial charge in [-0.25, -0.2) is 4.79 Å². The van der Waals surface area contributed by atoms with E-state index in [1.807, 2.05) is 0 Å². The Labute approximate surface area is 96.9 Å². The molecule has 0 bridgehead atoms. The fraction of sp³-hybridized carbons (Fsp3) is 0.667. The summed E-state index contributed by atoms with van der Waals surface area (Å²) in [6, 6.07) is 0. The van der Waals surface area contributed by atoms with Gasteiger partial charge in [0.2, 0.25) is 5.91 Å². The summed E-state index contributed by atoms with van der Waals surface area (Å²) in [6.07, 6.45) is 5.99. The lowest BCUT2D eigenvalue weighted by atomic mass is 10.2. The fourth-order valence-electron chi connectivity index (χ4n) is 1.28. The summed E-state index contributed by atoms with van der Waals surface area (Å²) >= 11 is 0. The first kappa shape index (κ1) is 14.7. The van der Waals surface area contributed by atoms with E-state index in [2.05, 4.69) is 13.8 Å². The van der Waals surface area contributed by atoms with Gasteiger partial charge in [0.05, 0.1) is 0 Å². The van der Waals surface area contributed by atoms with Crippen LogP contribution in [-0.2, 0) is 9.59 Å². The number of nitrogens with zero attached hydrogens (tertiary/aromatic N) is 1. The third kappa shape index (κ3) is 7.04. The van der Waals surface area contributed by atoms with Crippen LogP contribution in [-0.4, -0.2) is 35.0 Å². The van der Waals surface area contributed by atoms with Gasteiger partial charge in [-0.2, -0.15) is 0 Å². The highest BCUT2D eigenvalue weighted by Gasteiger charge is 2.09. The number of carbonyl (C=O) groups is 2. The largest absolute Gasteiger partial charge is 0.478 e. The van der Waals surface area contributed by atoms with Crippen LogP contribution in [0.2, 0.25) is 0 Å². The van der Waals surface area contributed by atoms with Crippen molar-refractivity contribution in [3.05, 3.63) is 12.2 Å². The average molecular weight is 227 g/mol. The number of hydrogen-bond acceptors (Lipinski definition) is 2. The first-order chi connectivity index (χ1) is 7.61. The molecule has 4 nitrogen and oxygen atoms in total. The Morgan fingerprint density at radius 2 is 1.56 bits per heavy atom. The molecule has 0 rings (SSSR count). The minimum Gasteiger partial charge on any atom is -0.478 e. The van der Waals surface area contributed by atoms with Gasteiger partial charge < -0.3 is 10.0 Å². The van der Waals surface area contributed by atoms with Gasteiger partial charge >= 0.3 is 5.97 Å². The minimum absolute atomic E-state index is 0.204. The number of carbonyl (C=O) groups excluding carboxylic acids is 1. The van der Waals surface area contributed by atoms with Gasteiger partial charge in [-0.15, -0.1) is 0 Å². The molecule has 0 spiro atoms. The van der Waals surface area contributed by atoms with Crippen LogP contribution in [0.1, 0.15) is 39.5 Å². The third-order valence-electron chi connectivity index (χ3n) is 2.24. The minimum atomic E-state index is -1.08. The molecule has 0 fully saturated rings. The van der Waals surface area contributed by atoms with Crippen LogP contribution >= 0.6 is 0 Å². The van der Waals surface area contributed by atoms with Crippen LogP contribution < -0.4 is 0 Å². The summed E-state index contributed by atoms with van der Waals surface area (Å²) in [5.41, 5.74) is 0. The van der Waals surface area contributed by atoms with Gasteiger partial charge in [0.15, 0.2) is 0 Å². The Bertz CT molecular complexity index is 241. The molecule has 0 aliphatic carbocycles. The Kier molecular flexibility index (Phi) is 8.21. The van der Waals surface area contributed by atoms with Crippen molar-refractivity contribution >= 4 is 11.9 Å². The van der Waals surface area contributed by atoms with Crippen LogP contribution in [0.5, 0.6) is 0 Å². The second-order valence-electron chi connectivity index (χ2n) is 3.70. The predicted octanol–water partition coefficient (Wildman–Crippen LogP) is 2.06. The quantitative estimate of drug-likeness (QED) is 0.646. The van der Waals surface area contributed by atoms with Crippen LogP contribution in [0.15, 0.2) is 12.2 Å². The summed E-state index contributed by atoms with van der Waals surface area (Å²) in [5.74, 6) is -1.29. The lowest BCUT2D eigenvalue weighted by Crippen LogP contribution is -2.31. The highest BCUT2D eigenvalue weighted by atomic mass is 16.4. The van der Waals surface area contributed by atoms with Crippen molar-refractivity contribution < 1.29 is 14.7 Å². The highest BCUT2D eigenvalue weighted by molar-refractivity contribution is 5.93. The van der Waals surface area contributed by atoms with Crippen molar-refractivity contribution in [3.63, 3.8) is 0 Å². The fourth-order valence-corrected chi connectivity index (χ4v) is 1.28. The van der Waals surface area contributed by atoms with Gasteiger partial charge in [-0.05, 0) is 12.8 Å². The first-order valence-electron chi connectivity index (χ1n) is 5.81. The molecule has 0 heterocycles. The molecular weight excluding hydrogens is 206 g/mol. The molecule has 0 radical (unpaired) electrons. The van der Waals surface area contributed by atoms with Gasteiger partial charge in [0, 0.05) is 25.2 Å². The molecule has 0 atom stereocenters. The highest BCUT2D eigenvalue weighted by Crippen LogP contribution is 2.00. The number of hydrogen-bond donors (Lipinski definition) is 1. The van der Waals surface area contributed by atoms with E-state index in [0.29, 0.717) is 13.1 Å². The molecule has 0 aromatic carbocycles. The van der Waals surface area contributed by atoms with Crippen LogP contribution in [0.25, 0.3) is 0 Å². The standard InChI is InChI=1S/C12H21NO3/c1-3-5-9-13(10-6-4-2)11(14)7-8-12(15)16/h7-8H,3-6,9-10H2,1-2H3,(H,15,16)/b8-7+. The Balaban J connectivity index is 4.24. The number of rotatable bonds is 8. The SMILES string of the molecule is CCCCN(CCCC)C(=O)/C=C/C(=O)O. The lowest BCUT2D eigenvalue weighted by Gasteiger charge is -2.20. The van der Waals surface area contributed by atoms with E-state index in [4.69, 9.17) is 5.11 Å². The van der Waals surface area contributed by atoms with Gasteiger partial charge in [0.1, 0.15) is 0 Å². The zero-order valence-electron chi connectivity index (χ0n) is 10.1. The lowest BCUT2D eigenvalue weighted by molar-refractivity contribution is -0.132. The monoisotopic (exact) mass is 227 g/mol. The summed E-state index contributed by atoms with van der Waals surface area (Å²) in [5, 5.41) is 8.44. The van der Waals surface area contributed by atoms with Crippen molar-refractivity contribution in [1.82, 2.24) is 4.90 Å². The normalized spacial score (nSPS) is 10.6.